The number of hydrogen-bond acceptors (Lipinski definition) is 4. The Morgan fingerprint density at radius 1 is 1.16 bits per heavy atom. The smallest absolute Gasteiger partial charge is 0.334 e. The lowest BCUT2D eigenvalue weighted by atomic mass is 10.1. The fourth-order valence-electron chi connectivity index (χ4n) is 1.53. The van der Waals surface area contributed by atoms with Crippen LogP contribution in [0.1, 0.15) is 0 Å². The number of carbonyl (C=O) groups is 1. The predicted octanol–water partition coefficient (Wildman–Crippen LogP) is 2.10. The van der Waals surface area contributed by atoms with Gasteiger partial charge in [-0.05, 0) is 22.9 Å². The van der Waals surface area contributed by atoms with Crippen LogP contribution in [0.4, 0.5) is 4.39 Å². The van der Waals surface area contributed by atoms with Crippen LogP contribution < -0.4 is 4.74 Å². The lowest BCUT2D eigenvalue weighted by molar-refractivity contribution is -0.131. The van der Waals surface area contributed by atoms with Crippen molar-refractivity contribution in [2.45, 2.75) is 6.36 Å². The number of ether oxygens (including phenoxy) is 1. The van der Waals surface area contributed by atoms with Gasteiger partial charge in [-0.25, -0.2) is 0 Å². The topological polar surface area (TPSA) is 72.8 Å². The predicted molar refractivity (Wildman–Crippen MR) is 65.8 cm³/mol. The van der Waals surface area contributed by atoms with Gasteiger partial charge in [0.15, 0.2) is 0 Å². The quantitative estimate of drug-likeness (QED) is 0.863. The summed E-state index contributed by atoms with van der Waals surface area (Å²) in [6.45, 7) is 0. The molecule has 2 aromatic carbocycles. The van der Waals surface area contributed by atoms with Crippen LogP contribution >= 0.6 is 0 Å². The fourth-order valence-corrected chi connectivity index (χ4v) is 1.76. The molecule has 1 unspecified atom stereocenters. The Hall–Kier alpha value is -2.28. The van der Waals surface area contributed by atoms with Gasteiger partial charge in [-0.2, -0.15) is 12.8 Å². The van der Waals surface area contributed by atoms with Crippen LogP contribution in [-0.2, 0) is 15.3 Å². The van der Waals surface area contributed by atoms with E-state index in [0.717, 1.165) is 10.8 Å². The lowest BCUT2D eigenvalue weighted by Gasteiger charge is -2.08. The molecule has 0 bridgehead atoms. The molecule has 0 N–H and O–H groups in total. The first kappa shape index (κ1) is 13.2. The summed E-state index contributed by atoms with van der Waals surface area (Å²) in [5.74, 6) is -1.38. The van der Waals surface area contributed by atoms with Crippen LogP contribution in [0.5, 0.6) is 5.75 Å². The van der Waals surface area contributed by atoms with Crippen molar-refractivity contribution < 1.29 is 22.3 Å². The summed E-state index contributed by atoms with van der Waals surface area (Å²) in [5, 5.41) is 1.74. The van der Waals surface area contributed by atoms with E-state index in [1.54, 1.807) is 24.3 Å². The van der Waals surface area contributed by atoms with Crippen LogP contribution in [0, 0.1) is 0 Å². The van der Waals surface area contributed by atoms with E-state index in [9.17, 15) is 17.6 Å². The SMILES string of the molecule is O=C(N=S(=O)=O)C(F)Oc1ccc2ccccc2c1. The highest BCUT2D eigenvalue weighted by Crippen LogP contribution is 2.21. The molecule has 0 aliphatic rings. The van der Waals surface area contributed by atoms with Gasteiger partial charge < -0.3 is 4.74 Å². The van der Waals surface area contributed by atoms with Gasteiger partial charge in [-0.15, -0.1) is 0 Å². The molecule has 0 fully saturated rings. The Bertz CT molecular complexity index is 749. The van der Waals surface area contributed by atoms with Crippen LogP contribution in [0.25, 0.3) is 10.8 Å². The average molecular weight is 281 g/mol. The van der Waals surface area contributed by atoms with E-state index in [1.807, 2.05) is 12.1 Å². The Morgan fingerprint density at radius 2 is 1.84 bits per heavy atom. The molecule has 1 atom stereocenters. The summed E-state index contributed by atoms with van der Waals surface area (Å²) in [5.41, 5.74) is 0. The molecule has 98 valence electrons. The lowest BCUT2D eigenvalue weighted by Crippen LogP contribution is -2.20. The third kappa shape index (κ3) is 3.35. The van der Waals surface area contributed by atoms with Gasteiger partial charge in [0.2, 0.25) is 0 Å². The molecule has 2 rings (SSSR count). The second-order valence-corrected chi connectivity index (χ2v) is 4.21. The van der Waals surface area contributed by atoms with E-state index >= 15 is 0 Å². The highest BCUT2D eigenvalue weighted by atomic mass is 32.2. The molecule has 0 aliphatic heterocycles. The number of carbonyl (C=O) groups excluding carboxylic acids is 1. The van der Waals surface area contributed by atoms with Gasteiger partial charge in [0.25, 0.3) is 0 Å². The minimum atomic E-state index is -2.99. The van der Waals surface area contributed by atoms with E-state index in [2.05, 4.69) is 4.36 Å². The summed E-state index contributed by atoms with van der Waals surface area (Å²) in [6, 6.07) is 12.1. The van der Waals surface area contributed by atoms with E-state index in [1.165, 1.54) is 6.07 Å². The van der Waals surface area contributed by atoms with E-state index in [4.69, 9.17) is 4.74 Å². The summed E-state index contributed by atoms with van der Waals surface area (Å²) in [7, 11) is -2.99. The Kier molecular flexibility index (Phi) is 3.86. The Labute approximate surface area is 109 Å². The molecule has 0 saturated heterocycles. The zero-order valence-electron chi connectivity index (χ0n) is 9.49. The van der Waals surface area contributed by atoms with E-state index in [0.29, 0.717) is 0 Å². The average Bonchev–Trinajstić information content (AvgIpc) is 2.37. The van der Waals surface area contributed by atoms with Gasteiger partial charge >= 0.3 is 22.8 Å². The van der Waals surface area contributed by atoms with Gasteiger partial charge in [0.05, 0.1) is 0 Å². The molecule has 2 aromatic rings. The number of alkyl halides is 1. The van der Waals surface area contributed by atoms with Gasteiger partial charge in [-0.1, -0.05) is 34.7 Å². The molecule has 0 spiro atoms. The first-order chi connectivity index (χ1) is 9.06. The maximum absolute atomic E-state index is 13.3. The summed E-state index contributed by atoms with van der Waals surface area (Å²) >= 11 is 0. The van der Waals surface area contributed by atoms with Crippen molar-refractivity contribution in [3.8, 4) is 5.75 Å². The van der Waals surface area contributed by atoms with Crippen LogP contribution in [0.2, 0.25) is 0 Å². The highest BCUT2D eigenvalue weighted by molar-refractivity contribution is 7.62. The third-order valence-electron chi connectivity index (χ3n) is 2.32. The second kappa shape index (κ2) is 5.57. The van der Waals surface area contributed by atoms with Crippen LogP contribution in [-0.4, -0.2) is 20.7 Å². The molecule has 1 amide bonds. The number of amides is 1. The maximum atomic E-state index is 13.3. The molecule has 0 radical (unpaired) electrons. The molecular formula is C12H8FNO4S. The molecule has 0 saturated carbocycles. The van der Waals surface area contributed by atoms with Gasteiger partial charge in [0, 0.05) is 0 Å². The maximum Gasteiger partial charge on any atom is 0.334 e. The van der Waals surface area contributed by atoms with Crippen molar-refractivity contribution in [3.63, 3.8) is 0 Å². The molecule has 0 aromatic heterocycles. The van der Waals surface area contributed by atoms with Crippen molar-refractivity contribution in [2.75, 3.05) is 0 Å². The first-order valence-electron chi connectivity index (χ1n) is 5.21. The number of fused-ring (bicyclic) bond motifs is 1. The molecular weight excluding hydrogens is 273 g/mol. The standard InChI is InChI=1S/C12H8FNO4S/c13-11(12(15)14-19(16)17)18-10-6-5-8-3-1-2-4-9(8)7-10/h1-7,11H. The number of benzene rings is 2. The number of rotatable bonds is 3. The zero-order valence-corrected chi connectivity index (χ0v) is 10.3. The van der Waals surface area contributed by atoms with E-state index in [-0.39, 0.29) is 5.75 Å². The molecule has 7 heteroatoms. The molecule has 19 heavy (non-hydrogen) atoms. The molecule has 0 aliphatic carbocycles. The van der Waals surface area contributed by atoms with Crippen molar-refractivity contribution in [1.82, 2.24) is 0 Å². The van der Waals surface area contributed by atoms with Crippen molar-refractivity contribution in [1.29, 1.82) is 0 Å². The Balaban J connectivity index is 2.21. The fraction of sp³-hybridized carbons (Fsp3) is 0.0833. The third-order valence-corrected chi connectivity index (χ3v) is 2.65. The van der Waals surface area contributed by atoms with Gasteiger partial charge in [0.1, 0.15) is 5.75 Å². The normalized spacial score (nSPS) is 11.8. The summed E-state index contributed by atoms with van der Waals surface area (Å²) < 4.78 is 40.8. The molecule has 5 nitrogen and oxygen atoms in total. The zero-order chi connectivity index (χ0) is 13.8. The highest BCUT2D eigenvalue weighted by Gasteiger charge is 2.19. The van der Waals surface area contributed by atoms with Gasteiger partial charge in [-0.3, -0.25) is 4.79 Å². The van der Waals surface area contributed by atoms with Crippen LogP contribution in [0.3, 0.4) is 0 Å². The number of hydrogen-bond donors (Lipinski definition) is 0. The van der Waals surface area contributed by atoms with Crippen molar-refractivity contribution in [2.24, 2.45) is 4.36 Å². The number of nitrogens with zero attached hydrogens (tertiary/aromatic N) is 1. The largest absolute Gasteiger partial charge is 0.452 e. The van der Waals surface area contributed by atoms with E-state index < -0.39 is 22.8 Å². The minimum Gasteiger partial charge on any atom is -0.452 e. The minimum absolute atomic E-state index is 0.117. The molecule has 0 heterocycles. The first-order valence-corrected chi connectivity index (χ1v) is 6.24. The monoisotopic (exact) mass is 281 g/mol. The second-order valence-electron chi connectivity index (χ2n) is 3.59. The van der Waals surface area contributed by atoms with Crippen molar-refractivity contribution in [3.05, 3.63) is 42.5 Å². The Morgan fingerprint density at radius 3 is 2.53 bits per heavy atom. The van der Waals surface area contributed by atoms with Crippen molar-refractivity contribution >= 4 is 27.2 Å². The number of halogens is 1. The summed E-state index contributed by atoms with van der Waals surface area (Å²) in [4.78, 5) is 11.0. The summed E-state index contributed by atoms with van der Waals surface area (Å²) in [6.07, 6.45) is -2.45. The van der Waals surface area contributed by atoms with Crippen LogP contribution in [0.15, 0.2) is 46.8 Å².